The van der Waals surface area contributed by atoms with E-state index >= 15 is 0 Å². The molecule has 4 aliphatic rings. The van der Waals surface area contributed by atoms with Crippen LogP contribution in [0.25, 0.3) is 22.4 Å². The van der Waals surface area contributed by atoms with Crippen molar-refractivity contribution in [1.82, 2.24) is 44.9 Å². The molecule has 15 nitrogen and oxygen atoms in total. The minimum atomic E-state index is -0.0316. The number of carbonyl (C=O) groups excluding carboxylic acids is 3. The molecule has 65 heavy (non-hydrogen) atoms. The van der Waals surface area contributed by atoms with E-state index in [4.69, 9.17) is 14.9 Å². The highest BCUT2D eigenvalue weighted by molar-refractivity contribution is 5.77. The van der Waals surface area contributed by atoms with Gasteiger partial charge in [-0.1, -0.05) is 42.5 Å². The van der Waals surface area contributed by atoms with Crippen molar-refractivity contribution in [1.29, 1.82) is 0 Å². The van der Waals surface area contributed by atoms with Crippen molar-refractivity contribution in [2.45, 2.75) is 78.7 Å². The number of nitrogens with zero attached hydrogens (tertiary/aromatic N) is 7. The minimum absolute atomic E-state index is 0.0316. The Morgan fingerprint density at radius 3 is 1.82 bits per heavy atom. The van der Waals surface area contributed by atoms with Crippen molar-refractivity contribution in [3.05, 3.63) is 113 Å². The van der Waals surface area contributed by atoms with E-state index in [-0.39, 0.29) is 17.7 Å². The summed E-state index contributed by atoms with van der Waals surface area (Å²) in [7, 11) is 1.59. The number of rotatable bonds is 16. The van der Waals surface area contributed by atoms with Gasteiger partial charge in [0.1, 0.15) is 0 Å². The molecule has 4 N–H and O–H groups in total. The van der Waals surface area contributed by atoms with E-state index in [2.05, 4.69) is 96.2 Å². The predicted octanol–water partition coefficient (Wildman–Crippen LogP) is 7.06. The van der Waals surface area contributed by atoms with Crippen LogP contribution in [0.1, 0.15) is 61.2 Å². The number of nitrogens with one attached hydrogen (secondary N) is 4. The van der Waals surface area contributed by atoms with Gasteiger partial charge in [-0.05, 0) is 95.2 Å². The second kappa shape index (κ2) is 18.0. The highest BCUT2D eigenvalue weighted by Crippen LogP contribution is 2.59. The highest BCUT2D eigenvalue weighted by Gasteiger charge is 2.54. The minimum Gasteiger partial charge on any atom is -0.384 e. The molecule has 0 bridgehead atoms. The van der Waals surface area contributed by atoms with Crippen molar-refractivity contribution in [2.75, 3.05) is 37.4 Å². The van der Waals surface area contributed by atoms with E-state index in [1.165, 1.54) is 24.2 Å². The lowest BCUT2D eigenvalue weighted by Crippen LogP contribution is -2.34. The third-order valence-corrected chi connectivity index (χ3v) is 13.9. The van der Waals surface area contributed by atoms with Crippen LogP contribution in [0.4, 0.5) is 23.0 Å². The summed E-state index contributed by atoms with van der Waals surface area (Å²) in [4.78, 5) is 41.0. The summed E-state index contributed by atoms with van der Waals surface area (Å²) in [6.07, 6.45) is 6.08. The van der Waals surface area contributed by atoms with Crippen LogP contribution >= 0.6 is 0 Å². The topological polar surface area (TPSA) is 167 Å². The van der Waals surface area contributed by atoms with Gasteiger partial charge in [-0.3, -0.25) is 28.8 Å². The molecule has 2 aliphatic heterocycles. The molecule has 336 valence electrons. The van der Waals surface area contributed by atoms with Gasteiger partial charge in [-0.2, -0.15) is 15.3 Å². The molecular formula is C50H57N11O4. The Balaban J connectivity index is 0.794. The van der Waals surface area contributed by atoms with Crippen LogP contribution in [-0.4, -0.2) is 84.1 Å². The zero-order valence-corrected chi connectivity index (χ0v) is 37.3. The normalized spacial score (nSPS) is 19.6. The molecule has 3 aromatic heterocycles. The molecule has 4 atom stereocenters. The quantitative estimate of drug-likeness (QED) is 0.0797. The molecule has 3 aromatic carbocycles. The van der Waals surface area contributed by atoms with Gasteiger partial charge in [-0.25, -0.2) is 0 Å². The Morgan fingerprint density at radius 2 is 1.29 bits per heavy atom. The van der Waals surface area contributed by atoms with Gasteiger partial charge in [-0.15, -0.1) is 0 Å². The summed E-state index contributed by atoms with van der Waals surface area (Å²) in [5, 5.41) is 27.6. The van der Waals surface area contributed by atoms with Crippen LogP contribution in [-0.2, 0) is 64.7 Å². The molecule has 15 heteroatoms. The standard InChI is InChI=1S/C50H57N11O4/c1-31(62)58-20-16-46-43(29-58)49(53-39-11-7-34(8-12-39)36-6-4-5-33(23-36)26-51-48(64)18-22-65-3)56-60(46)27-37-24-41(37)42-25-38(42)28-61-47-17-21-59(32(2)63)30-44(47)50(57-61)54-40-13-9-35(10-14-40)45-15-19-52-55-45/h4-15,19,23,37-38,41-42H,16-18,20-22,24-30H2,1-3H3,(H,51,64)(H,52,55)(H,53,56)(H,54,57). The maximum Gasteiger partial charge on any atom is 0.222 e. The third-order valence-electron chi connectivity index (χ3n) is 13.9. The molecule has 10 rings (SSSR count). The van der Waals surface area contributed by atoms with Crippen LogP contribution in [0.5, 0.6) is 0 Å². The molecular weight excluding hydrogens is 819 g/mol. The summed E-state index contributed by atoms with van der Waals surface area (Å²) >= 11 is 0. The fraction of sp³-hybridized carbons (Fsp3) is 0.400. The predicted molar refractivity (Wildman–Crippen MR) is 248 cm³/mol. The summed E-state index contributed by atoms with van der Waals surface area (Å²) in [6.45, 7) is 8.44. The first-order valence-corrected chi connectivity index (χ1v) is 22.9. The third kappa shape index (κ3) is 9.28. The fourth-order valence-corrected chi connectivity index (χ4v) is 9.99. The molecule has 0 spiro atoms. The van der Waals surface area contributed by atoms with E-state index in [1.54, 1.807) is 27.2 Å². The number of benzene rings is 3. The molecule has 2 saturated carbocycles. The van der Waals surface area contributed by atoms with Gasteiger partial charge < -0.3 is 30.5 Å². The second-order valence-corrected chi connectivity index (χ2v) is 18.2. The first-order chi connectivity index (χ1) is 31.7. The van der Waals surface area contributed by atoms with Crippen LogP contribution in [0, 0.1) is 23.7 Å². The monoisotopic (exact) mass is 875 g/mol. The lowest BCUT2D eigenvalue weighted by molar-refractivity contribution is -0.130. The van der Waals surface area contributed by atoms with E-state index < -0.39 is 0 Å². The molecule has 5 heterocycles. The number of carbonyl (C=O) groups is 3. The van der Waals surface area contributed by atoms with Crippen LogP contribution in [0.15, 0.2) is 85.1 Å². The van der Waals surface area contributed by atoms with E-state index in [1.807, 2.05) is 28.0 Å². The Labute approximate surface area is 378 Å². The number of aromatic amines is 1. The Morgan fingerprint density at radius 1 is 0.723 bits per heavy atom. The summed E-state index contributed by atoms with van der Waals surface area (Å²) < 4.78 is 9.48. The Hall–Kier alpha value is -6.74. The van der Waals surface area contributed by atoms with E-state index in [0.29, 0.717) is 69.4 Å². The van der Waals surface area contributed by atoms with Gasteiger partial charge in [0.2, 0.25) is 17.7 Å². The molecule has 0 radical (unpaired) electrons. The number of methoxy groups -OCH3 is 1. The van der Waals surface area contributed by atoms with E-state index in [0.717, 1.165) is 88.0 Å². The Bertz CT molecular complexity index is 2690. The number of amides is 3. The number of ether oxygens (including phenoxy) is 1. The van der Waals surface area contributed by atoms with Gasteiger partial charge in [0, 0.05) is 113 Å². The largest absolute Gasteiger partial charge is 0.384 e. The second-order valence-electron chi connectivity index (χ2n) is 18.2. The van der Waals surface area contributed by atoms with Gasteiger partial charge in [0.25, 0.3) is 0 Å². The average molecular weight is 876 g/mol. The van der Waals surface area contributed by atoms with Gasteiger partial charge in [0.05, 0.1) is 25.4 Å². The van der Waals surface area contributed by atoms with Crippen LogP contribution in [0.3, 0.4) is 0 Å². The van der Waals surface area contributed by atoms with Crippen molar-refractivity contribution >= 4 is 40.7 Å². The average Bonchev–Trinajstić information content (AvgIpc) is 4.10. The molecule has 6 aromatic rings. The Kier molecular flexibility index (Phi) is 11.7. The SMILES string of the molecule is COCCC(=O)NCc1cccc(-c2ccc(Nc3nn(CC4CC4C4CC4Cn4nc(Nc5ccc(-c6ccn[nH]6)cc5)c5c4CCN(C(C)=O)C5)c4c3CN(C(C)=O)CC4)cc2)c1. The number of hydrogen-bond donors (Lipinski definition) is 4. The zero-order valence-electron chi connectivity index (χ0n) is 37.3. The highest BCUT2D eigenvalue weighted by atomic mass is 16.5. The number of aromatic nitrogens is 6. The number of H-pyrrole nitrogens is 1. The number of anilines is 4. The molecule has 3 amide bonds. The maximum absolute atomic E-state index is 12.5. The first kappa shape index (κ1) is 42.2. The summed E-state index contributed by atoms with van der Waals surface area (Å²) in [5.74, 6) is 4.26. The lowest BCUT2D eigenvalue weighted by atomic mass is 10.0. The molecule has 0 saturated heterocycles. The van der Waals surface area contributed by atoms with Crippen molar-refractivity contribution < 1.29 is 19.1 Å². The fourth-order valence-electron chi connectivity index (χ4n) is 9.99. The number of fused-ring (bicyclic) bond motifs is 2. The van der Waals surface area contributed by atoms with Crippen molar-refractivity contribution in [2.24, 2.45) is 23.7 Å². The summed E-state index contributed by atoms with van der Waals surface area (Å²) in [5.41, 5.74) is 11.8. The van der Waals surface area contributed by atoms with Crippen molar-refractivity contribution in [3.63, 3.8) is 0 Å². The maximum atomic E-state index is 12.5. The smallest absolute Gasteiger partial charge is 0.222 e. The van der Waals surface area contributed by atoms with E-state index in [9.17, 15) is 14.4 Å². The van der Waals surface area contributed by atoms with Gasteiger partial charge >= 0.3 is 0 Å². The molecule has 2 aliphatic carbocycles. The first-order valence-electron chi connectivity index (χ1n) is 22.9. The van der Waals surface area contributed by atoms with Crippen LogP contribution in [0.2, 0.25) is 0 Å². The van der Waals surface area contributed by atoms with Crippen LogP contribution < -0.4 is 16.0 Å². The molecule has 2 fully saturated rings. The summed E-state index contributed by atoms with van der Waals surface area (Å²) in [6, 6.07) is 26.8. The lowest BCUT2D eigenvalue weighted by Gasteiger charge is -2.27. The number of hydrogen-bond acceptors (Lipinski definition) is 9. The van der Waals surface area contributed by atoms with Crippen molar-refractivity contribution in [3.8, 4) is 22.4 Å². The zero-order chi connectivity index (χ0) is 44.6. The van der Waals surface area contributed by atoms with Gasteiger partial charge in [0.15, 0.2) is 11.6 Å². The molecule has 4 unspecified atom stereocenters.